The van der Waals surface area contributed by atoms with Crippen molar-refractivity contribution in [3.05, 3.63) is 35.9 Å². The Hall–Kier alpha value is -1.26. The van der Waals surface area contributed by atoms with E-state index in [1.54, 1.807) is 0 Å². The predicted molar refractivity (Wildman–Crippen MR) is 72.5 cm³/mol. The summed E-state index contributed by atoms with van der Waals surface area (Å²) in [5.74, 6) is 2.96. The molecule has 1 aromatic rings. The lowest BCUT2D eigenvalue weighted by Crippen LogP contribution is -2.39. The molecule has 1 nitrogen and oxygen atoms in total. The van der Waals surface area contributed by atoms with Crippen LogP contribution in [0.25, 0.3) is 0 Å². The molecule has 1 aliphatic heterocycles. The van der Waals surface area contributed by atoms with Crippen LogP contribution in [-0.4, -0.2) is 17.5 Å². The lowest BCUT2D eigenvalue weighted by atomic mass is 9.84. The van der Waals surface area contributed by atoms with Gasteiger partial charge >= 0.3 is 0 Å². The van der Waals surface area contributed by atoms with Gasteiger partial charge in [-0.2, -0.15) is 0 Å². The third-order valence-corrected chi connectivity index (χ3v) is 3.80. The fourth-order valence-corrected chi connectivity index (χ4v) is 2.75. The Labute approximate surface area is 105 Å². The second-order valence-electron chi connectivity index (χ2n) is 5.48. The Kier molecular flexibility index (Phi) is 3.54. The minimum Gasteiger partial charge on any atom is -0.295 e. The van der Waals surface area contributed by atoms with Crippen molar-refractivity contribution in [3.8, 4) is 12.3 Å². The normalized spacial score (nSPS) is 21.4. The Balaban J connectivity index is 2.09. The second kappa shape index (κ2) is 4.94. The first-order valence-electron chi connectivity index (χ1n) is 6.39. The van der Waals surface area contributed by atoms with Crippen molar-refractivity contribution >= 4 is 0 Å². The molecule has 0 spiro atoms. The van der Waals surface area contributed by atoms with Crippen molar-refractivity contribution in [1.82, 2.24) is 4.90 Å². The third kappa shape index (κ3) is 2.70. The van der Waals surface area contributed by atoms with Crippen LogP contribution >= 0.6 is 0 Å². The SMILES string of the molecule is C#CC(C)(C)C1CCCN1Cc1ccccc1. The highest BCUT2D eigenvalue weighted by Crippen LogP contribution is 2.33. The van der Waals surface area contributed by atoms with Crippen LogP contribution in [0.4, 0.5) is 0 Å². The molecule has 1 heterocycles. The first-order valence-corrected chi connectivity index (χ1v) is 6.39. The van der Waals surface area contributed by atoms with Crippen molar-refractivity contribution in [3.63, 3.8) is 0 Å². The van der Waals surface area contributed by atoms with E-state index in [-0.39, 0.29) is 5.41 Å². The van der Waals surface area contributed by atoms with Gasteiger partial charge in [-0.15, -0.1) is 6.42 Å². The highest BCUT2D eigenvalue weighted by atomic mass is 15.2. The number of likely N-dealkylation sites (tertiary alicyclic amines) is 1. The average molecular weight is 227 g/mol. The molecule has 0 aromatic heterocycles. The van der Waals surface area contributed by atoms with Gasteiger partial charge < -0.3 is 0 Å². The fraction of sp³-hybridized carbons (Fsp3) is 0.500. The summed E-state index contributed by atoms with van der Waals surface area (Å²) in [6.07, 6.45) is 8.16. The van der Waals surface area contributed by atoms with Gasteiger partial charge in [-0.25, -0.2) is 0 Å². The lowest BCUT2D eigenvalue weighted by molar-refractivity contribution is 0.161. The molecule has 17 heavy (non-hydrogen) atoms. The van der Waals surface area contributed by atoms with E-state index in [1.165, 1.54) is 24.9 Å². The van der Waals surface area contributed by atoms with Crippen LogP contribution in [0.5, 0.6) is 0 Å². The van der Waals surface area contributed by atoms with Gasteiger partial charge in [0.25, 0.3) is 0 Å². The summed E-state index contributed by atoms with van der Waals surface area (Å²) >= 11 is 0. The fourth-order valence-electron chi connectivity index (χ4n) is 2.75. The molecular formula is C16H21N. The first kappa shape index (κ1) is 12.2. The van der Waals surface area contributed by atoms with Crippen LogP contribution in [0, 0.1) is 17.8 Å². The molecule has 1 heteroatoms. The van der Waals surface area contributed by atoms with Crippen molar-refractivity contribution in [1.29, 1.82) is 0 Å². The lowest BCUT2D eigenvalue weighted by Gasteiger charge is -2.34. The quantitative estimate of drug-likeness (QED) is 0.716. The first-order chi connectivity index (χ1) is 8.13. The van der Waals surface area contributed by atoms with Crippen LogP contribution < -0.4 is 0 Å². The smallest absolute Gasteiger partial charge is 0.0411 e. The Morgan fingerprint density at radius 3 is 2.71 bits per heavy atom. The zero-order valence-electron chi connectivity index (χ0n) is 10.8. The number of terminal acetylenes is 1. The molecule has 2 rings (SSSR count). The molecule has 90 valence electrons. The van der Waals surface area contributed by atoms with E-state index in [0.29, 0.717) is 6.04 Å². The molecular weight excluding hydrogens is 206 g/mol. The summed E-state index contributed by atoms with van der Waals surface area (Å²) < 4.78 is 0. The van der Waals surface area contributed by atoms with Gasteiger partial charge in [0.2, 0.25) is 0 Å². The summed E-state index contributed by atoms with van der Waals surface area (Å²) in [6.45, 7) is 6.56. The molecule has 0 N–H and O–H groups in total. The minimum absolute atomic E-state index is 0.0225. The van der Waals surface area contributed by atoms with E-state index >= 15 is 0 Å². The van der Waals surface area contributed by atoms with Crippen molar-refractivity contribution in [2.45, 2.75) is 39.3 Å². The number of nitrogens with zero attached hydrogens (tertiary/aromatic N) is 1. The molecule has 0 amide bonds. The predicted octanol–water partition coefficient (Wildman–Crippen LogP) is 3.31. The van der Waals surface area contributed by atoms with Crippen LogP contribution in [0.3, 0.4) is 0 Å². The minimum atomic E-state index is -0.0225. The number of benzene rings is 1. The highest BCUT2D eigenvalue weighted by molar-refractivity contribution is 5.16. The summed E-state index contributed by atoms with van der Waals surface area (Å²) in [5.41, 5.74) is 1.36. The monoisotopic (exact) mass is 227 g/mol. The van der Waals surface area contributed by atoms with Gasteiger partial charge in [0.15, 0.2) is 0 Å². The largest absolute Gasteiger partial charge is 0.295 e. The summed E-state index contributed by atoms with van der Waals surface area (Å²) in [7, 11) is 0. The van der Waals surface area contributed by atoms with Crippen LogP contribution in [-0.2, 0) is 6.54 Å². The number of rotatable bonds is 3. The molecule has 1 fully saturated rings. The molecule has 0 radical (unpaired) electrons. The van der Waals surface area contributed by atoms with Crippen molar-refractivity contribution < 1.29 is 0 Å². The van der Waals surface area contributed by atoms with E-state index in [2.05, 4.69) is 55.0 Å². The molecule has 0 aliphatic carbocycles. The Morgan fingerprint density at radius 2 is 2.06 bits per heavy atom. The van der Waals surface area contributed by atoms with Gasteiger partial charge in [0, 0.05) is 18.0 Å². The summed E-state index contributed by atoms with van der Waals surface area (Å²) in [6, 6.07) is 11.2. The van der Waals surface area contributed by atoms with Crippen molar-refractivity contribution in [2.24, 2.45) is 5.41 Å². The van der Waals surface area contributed by atoms with Gasteiger partial charge in [-0.1, -0.05) is 36.3 Å². The average Bonchev–Trinajstić information content (AvgIpc) is 2.79. The van der Waals surface area contributed by atoms with Gasteiger partial charge in [-0.3, -0.25) is 4.90 Å². The zero-order chi connectivity index (χ0) is 12.3. The maximum absolute atomic E-state index is 5.67. The Bertz CT molecular complexity index is 399. The molecule has 1 unspecified atom stereocenters. The maximum atomic E-state index is 5.67. The highest BCUT2D eigenvalue weighted by Gasteiger charge is 2.35. The van der Waals surface area contributed by atoms with Gasteiger partial charge in [0.1, 0.15) is 0 Å². The molecule has 1 aromatic carbocycles. The van der Waals surface area contributed by atoms with Crippen LogP contribution in [0.15, 0.2) is 30.3 Å². The van der Waals surface area contributed by atoms with Crippen LogP contribution in [0.1, 0.15) is 32.3 Å². The summed E-state index contributed by atoms with van der Waals surface area (Å²) in [4.78, 5) is 2.54. The second-order valence-corrected chi connectivity index (χ2v) is 5.48. The van der Waals surface area contributed by atoms with Crippen molar-refractivity contribution in [2.75, 3.05) is 6.54 Å². The number of hydrogen-bond acceptors (Lipinski definition) is 1. The van der Waals surface area contributed by atoms with Crippen LogP contribution in [0.2, 0.25) is 0 Å². The Morgan fingerprint density at radius 1 is 1.35 bits per heavy atom. The van der Waals surface area contributed by atoms with E-state index in [0.717, 1.165) is 6.54 Å². The molecule has 0 bridgehead atoms. The maximum Gasteiger partial charge on any atom is 0.0411 e. The van der Waals surface area contributed by atoms with Gasteiger partial charge in [-0.05, 0) is 38.8 Å². The molecule has 1 saturated heterocycles. The topological polar surface area (TPSA) is 3.24 Å². The molecule has 0 saturated carbocycles. The van der Waals surface area contributed by atoms with E-state index < -0.39 is 0 Å². The van der Waals surface area contributed by atoms with Gasteiger partial charge in [0.05, 0.1) is 0 Å². The summed E-state index contributed by atoms with van der Waals surface area (Å²) in [5, 5.41) is 0. The van der Waals surface area contributed by atoms with E-state index in [4.69, 9.17) is 6.42 Å². The van der Waals surface area contributed by atoms with E-state index in [9.17, 15) is 0 Å². The van der Waals surface area contributed by atoms with E-state index in [1.807, 2.05) is 0 Å². The third-order valence-electron chi connectivity index (χ3n) is 3.80. The standard InChI is InChI=1S/C16H21N/c1-4-16(2,3)15-11-8-12-17(15)13-14-9-6-5-7-10-14/h1,5-7,9-10,15H,8,11-13H2,2-3H3. The zero-order valence-corrected chi connectivity index (χ0v) is 10.8. The molecule has 1 aliphatic rings. The number of hydrogen-bond donors (Lipinski definition) is 0. The molecule has 1 atom stereocenters.